The Balaban J connectivity index is 1.48. The molecule has 1 fully saturated rings. The molecule has 5 rings (SSSR count). The summed E-state index contributed by atoms with van der Waals surface area (Å²) in [4.78, 5) is 34.3. The normalized spacial score (nSPS) is 16.8. The van der Waals surface area contributed by atoms with Crippen molar-refractivity contribution < 1.29 is 22.8 Å². The van der Waals surface area contributed by atoms with Crippen LogP contribution >= 0.6 is 0 Å². The van der Waals surface area contributed by atoms with E-state index in [-0.39, 0.29) is 17.7 Å². The van der Waals surface area contributed by atoms with Gasteiger partial charge in [0.25, 0.3) is 0 Å². The number of nitrogens with one attached hydrogen (secondary N) is 1. The van der Waals surface area contributed by atoms with E-state index in [4.69, 9.17) is 0 Å². The Morgan fingerprint density at radius 2 is 1.83 bits per heavy atom. The fourth-order valence-electron chi connectivity index (χ4n) is 4.75. The molecule has 36 heavy (non-hydrogen) atoms. The van der Waals surface area contributed by atoms with Crippen molar-refractivity contribution in [1.82, 2.24) is 4.98 Å². The molecule has 0 spiro atoms. The maximum absolute atomic E-state index is 13.5. The number of hydrogen-bond acceptors (Lipinski definition) is 4. The average Bonchev–Trinajstić information content (AvgIpc) is 3.27. The maximum Gasteiger partial charge on any atom is 0.416 e. The Kier molecular flexibility index (Phi) is 5.94. The second kappa shape index (κ2) is 8.96. The molecule has 2 aromatic carbocycles. The first-order valence-corrected chi connectivity index (χ1v) is 11.8. The standard InChI is InChI=1S/C27H25F3N4O2/c1-16(2)24(35)18-6-4-8-20(14-18)31-26(36)34-21-11-12-33(15-21)23-10-9-22(32-25(23)34)17-5-3-7-19(13-17)27(28,29)30/h3-10,13-14,16,21H,11-12,15H2,1-2H3,(H,31,36)/t21-/m0/s1. The van der Waals surface area contributed by atoms with Gasteiger partial charge in [0.2, 0.25) is 0 Å². The Morgan fingerprint density at radius 1 is 1.06 bits per heavy atom. The molecule has 0 saturated carbocycles. The maximum atomic E-state index is 13.5. The van der Waals surface area contributed by atoms with Crippen molar-refractivity contribution in [3.63, 3.8) is 0 Å². The number of halogens is 3. The third kappa shape index (κ3) is 4.41. The minimum Gasteiger partial charge on any atom is -0.366 e. The number of pyridine rings is 1. The second-order valence-electron chi connectivity index (χ2n) is 9.41. The molecule has 0 aliphatic carbocycles. The number of carbonyl (C=O) groups is 2. The summed E-state index contributed by atoms with van der Waals surface area (Å²) >= 11 is 0. The average molecular weight is 495 g/mol. The molecule has 9 heteroatoms. The van der Waals surface area contributed by atoms with Gasteiger partial charge in [-0.15, -0.1) is 0 Å². The lowest BCUT2D eigenvalue weighted by Gasteiger charge is -2.36. The highest BCUT2D eigenvalue weighted by molar-refractivity contribution is 6.06. The van der Waals surface area contributed by atoms with Gasteiger partial charge in [-0.2, -0.15) is 13.2 Å². The highest BCUT2D eigenvalue weighted by Crippen LogP contribution is 2.41. The van der Waals surface area contributed by atoms with Crippen LogP contribution in [0.1, 0.15) is 36.2 Å². The molecule has 3 heterocycles. The van der Waals surface area contributed by atoms with Gasteiger partial charge < -0.3 is 10.2 Å². The molecule has 0 radical (unpaired) electrons. The van der Waals surface area contributed by atoms with E-state index in [0.29, 0.717) is 34.9 Å². The summed E-state index contributed by atoms with van der Waals surface area (Å²) in [6.07, 6.45) is -3.72. The monoisotopic (exact) mass is 494 g/mol. The lowest BCUT2D eigenvalue weighted by molar-refractivity contribution is -0.137. The number of alkyl halides is 3. The molecule has 2 aliphatic rings. The predicted molar refractivity (Wildman–Crippen MR) is 132 cm³/mol. The number of ketones is 1. The van der Waals surface area contributed by atoms with Gasteiger partial charge >= 0.3 is 12.2 Å². The number of amides is 2. The molecular weight excluding hydrogens is 469 g/mol. The van der Waals surface area contributed by atoms with Gasteiger partial charge in [-0.25, -0.2) is 9.78 Å². The molecule has 1 N–H and O–H groups in total. The summed E-state index contributed by atoms with van der Waals surface area (Å²) in [7, 11) is 0. The van der Waals surface area contributed by atoms with Gasteiger partial charge in [0.15, 0.2) is 11.6 Å². The molecule has 2 bridgehead atoms. The van der Waals surface area contributed by atoms with E-state index in [1.165, 1.54) is 6.07 Å². The highest BCUT2D eigenvalue weighted by Gasteiger charge is 2.40. The number of hydrogen-bond donors (Lipinski definition) is 1. The van der Waals surface area contributed by atoms with Crippen molar-refractivity contribution in [1.29, 1.82) is 0 Å². The van der Waals surface area contributed by atoms with E-state index in [1.807, 2.05) is 19.9 Å². The van der Waals surface area contributed by atoms with Crippen LogP contribution in [0.5, 0.6) is 0 Å². The number of anilines is 3. The van der Waals surface area contributed by atoms with Crippen LogP contribution in [0.4, 0.5) is 35.2 Å². The third-order valence-electron chi connectivity index (χ3n) is 6.58. The number of carbonyl (C=O) groups excluding carboxylic acids is 2. The van der Waals surface area contributed by atoms with E-state index >= 15 is 0 Å². The smallest absolute Gasteiger partial charge is 0.366 e. The highest BCUT2D eigenvalue weighted by atomic mass is 19.4. The van der Waals surface area contributed by atoms with Gasteiger partial charge in [-0.05, 0) is 42.8 Å². The second-order valence-corrected chi connectivity index (χ2v) is 9.41. The zero-order chi connectivity index (χ0) is 25.6. The number of benzene rings is 2. The van der Waals surface area contributed by atoms with Crippen molar-refractivity contribution in [2.45, 2.75) is 32.5 Å². The molecule has 3 aromatic rings. The Hall–Kier alpha value is -3.88. The Labute approximate surface area is 206 Å². The first-order valence-electron chi connectivity index (χ1n) is 11.8. The zero-order valence-corrected chi connectivity index (χ0v) is 19.8. The van der Waals surface area contributed by atoms with Crippen LogP contribution in [0.15, 0.2) is 60.7 Å². The minimum atomic E-state index is -4.47. The van der Waals surface area contributed by atoms with Crippen molar-refractivity contribution in [2.24, 2.45) is 5.92 Å². The predicted octanol–water partition coefficient (Wildman–Crippen LogP) is 6.24. The molecule has 186 valence electrons. The van der Waals surface area contributed by atoms with Crippen LogP contribution in [0.2, 0.25) is 0 Å². The van der Waals surface area contributed by atoms with Gasteiger partial charge in [0, 0.05) is 35.8 Å². The van der Waals surface area contributed by atoms with Gasteiger partial charge in [-0.1, -0.05) is 38.1 Å². The van der Waals surface area contributed by atoms with E-state index in [9.17, 15) is 22.8 Å². The lowest BCUT2D eigenvalue weighted by Crippen LogP contribution is -2.48. The lowest BCUT2D eigenvalue weighted by atomic mass is 10.0. The van der Waals surface area contributed by atoms with Gasteiger partial charge in [-0.3, -0.25) is 9.69 Å². The topological polar surface area (TPSA) is 65.5 Å². The van der Waals surface area contributed by atoms with Crippen molar-refractivity contribution in [3.8, 4) is 11.3 Å². The summed E-state index contributed by atoms with van der Waals surface area (Å²) in [6.45, 7) is 5.04. The summed E-state index contributed by atoms with van der Waals surface area (Å²) in [5.74, 6) is 0.215. The van der Waals surface area contributed by atoms with E-state index in [1.54, 1.807) is 41.3 Å². The first-order chi connectivity index (χ1) is 17.1. The third-order valence-corrected chi connectivity index (χ3v) is 6.58. The van der Waals surface area contributed by atoms with Crippen LogP contribution < -0.4 is 15.1 Å². The largest absolute Gasteiger partial charge is 0.416 e. The summed E-state index contributed by atoms with van der Waals surface area (Å²) < 4.78 is 39.8. The van der Waals surface area contributed by atoms with E-state index < -0.39 is 17.8 Å². The fourth-order valence-corrected chi connectivity index (χ4v) is 4.75. The van der Waals surface area contributed by atoms with Crippen LogP contribution in [0.3, 0.4) is 0 Å². The van der Waals surface area contributed by atoms with Crippen LogP contribution in [0.25, 0.3) is 11.3 Å². The van der Waals surface area contributed by atoms with Gasteiger partial charge in [0.05, 0.1) is 23.0 Å². The van der Waals surface area contributed by atoms with Crippen molar-refractivity contribution in [3.05, 3.63) is 71.8 Å². The molecule has 2 aliphatic heterocycles. The molecule has 1 aromatic heterocycles. The van der Waals surface area contributed by atoms with Gasteiger partial charge in [0.1, 0.15) is 0 Å². The number of rotatable bonds is 4. The number of nitrogens with zero attached hydrogens (tertiary/aromatic N) is 3. The number of aromatic nitrogens is 1. The van der Waals surface area contributed by atoms with Crippen molar-refractivity contribution >= 4 is 29.0 Å². The molecule has 1 atom stereocenters. The van der Waals surface area contributed by atoms with Crippen LogP contribution in [-0.2, 0) is 6.18 Å². The summed E-state index contributed by atoms with van der Waals surface area (Å²) in [6, 6.07) is 14.8. The molecule has 6 nitrogen and oxygen atoms in total. The fraction of sp³-hybridized carbons (Fsp3) is 0.296. The first kappa shape index (κ1) is 23.8. The number of fused-ring (bicyclic) bond motifs is 4. The zero-order valence-electron chi connectivity index (χ0n) is 19.8. The SMILES string of the molecule is CC(C)C(=O)c1cccc(NC(=O)N2c3nc(-c4cccc(C(F)(F)F)c4)ccc3N3CC[C@H]2C3)c1. The van der Waals surface area contributed by atoms with E-state index in [2.05, 4.69) is 15.2 Å². The summed E-state index contributed by atoms with van der Waals surface area (Å²) in [5, 5.41) is 2.89. The molecule has 0 unspecified atom stereocenters. The van der Waals surface area contributed by atoms with Crippen LogP contribution in [-0.4, -0.2) is 35.9 Å². The van der Waals surface area contributed by atoms with E-state index in [0.717, 1.165) is 30.8 Å². The quantitative estimate of drug-likeness (QED) is 0.436. The number of Topliss-reactive ketones (excluding diaryl/α,β-unsaturated/α-hetero) is 1. The number of urea groups is 1. The molecule has 1 saturated heterocycles. The van der Waals surface area contributed by atoms with Crippen LogP contribution in [0, 0.1) is 5.92 Å². The Morgan fingerprint density at radius 3 is 2.58 bits per heavy atom. The van der Waals surface area contributed by atoms with Crippen molar-refractivity contribution in [2.75, 3.05) is 28.2 Å². The summed E-state index contributed by atoms with van der Waals surface area (Å²) in [5.41, 5.74) is 1.68. The Bertz CT molecular complexity index is 1340. The molecule has 2 amide bonds. The minimum absolute atomic E-state index is 0.0201. The molecular formula is C27H25F3N4O2.